The third-order valence-electron chi connectivity index (χ3n) is 13.5. The molecule has 1 aromatic heterocycles. The Morgan fingerprint density at radius 2 is 1.32 bits per heavy atom. The molecular weight excluding hydrogens is 1140 g/mol. The average Bonchev–Trinajstić information content (AvgIpc) is 3.91. The number of aryl methyl sites for hydroxylation is 1. The Hall–Kier alpha value is -4.91. The van der Waals surface area contributed by atoms with Crippen LogP contribution in [0.15, 0.2) is 184 Å². The lowest BCUT2D eigenvalue weighted by Crippen LogP contribution is -3.00. The second-order valence-electron chi connectivity index (χ2n) is 19.1. The van der Waals surface area contributed by atoms with Gasteiger partial charge in [0.2, 0.25) is 5.69 Å². The third kappa shape index (κ3) is 17.6. The maximum atomic E-state index is 8.49. The lowest BCUT2D eigenvalue weighted by Gasteiger charge is -2.23. The van der Waals surface area contributed by atoms with Crippen molar-refractivity contribution in [2.45, 2.75) is 79.7 Å². The summed E-state index contributed by atoms with van der Waals surface area (Å²) < 4.78 is 38.5. The SMILES string of the molecule is CC1=C(C)N(C)/C(=C/C=C/C=C/c2sc(C)c(C)[n+]2C)S1.CCN=C1C=CC(=C/C=C/c2ccc(CNC)cc2)C=C1.CN1C(=CC=CC2=[N+](C)c3ccccc3C2(C)C)C(C)(C)c2ccccc21.[Cl-].[I-].[O-][Cl+3]([O-])([O-])[O-]. The summed E-state index contributed by atoms with van der Waals surface area (Å²) in [5, 5.41) is 5.71. The summed E-state index contributed by atoms with van der Waals surface area (Å²) in [5.74, 6) is 0. The van der Waals surface area contributed by atoms with Gasteiger partial charge in [0.15, 0.2) is 11.4 Å². The van der Waals surface area contributed by atoms with Crippen LogP contribution in [0.3, 0.4) is 0 Å². The van der Waals surface area contributed by atoms with E-state index in [2.05, 4.69) is 277 Å². The first-order chi connectivity index (χ1) is 35.0. The highest BCUT2D eigenvalue weighted by Gasteiger charge is 2.43. The summed E-state index contributed by atoms with van der Waals surface area (Å²) in [5.41, 5.74) is 15.5. The van der Waals surface area contributed by atoms with E-state index in [1.54, 1.807) is 0 Å². The van der Waals surface area contributed by atoms with Gasteiger partial charge in [-0.1, -0.05) is 152 Å². The van der Waals surface area contributed by atoms with Crippen LogP contribution in [-0.4, -0.2) is 55.6 Å². The molecule has 3 aromatic carbocycles. The van der Waals surface area contributed by atoms with Crippen molar-refractivity contribution in [3.63, 3.8) is 0 Å². The largest absolute Gasteiger partial charge is 1.00 e. The topological polar surface area (TPSA) is 130 Å². The molecule has 15 heteroatoms. The monoisotopic (exact) mass is 1220 g/mol. The minimum absolute atomic E-state index is 0. The van der Waals surface area contributed by atoms with Gasteiger partial charge < -0.3 is 51.5 Å². The Kier molecular flexibility index (Phi) is 25.6. The maximum Gasteiger partial charge on any atom is 0.261 e. The Morgan fingerprint density at radius 1 is 0.711 bits per heavy atom. The fraction of sp³-hybridized carbons (Fsp3) is 0.295. The molecule has 8 rings (SSSR count). The fourth-order valence-electron chi connectivity index (χ4n) is 8.96. The van der Waals surface area contributed by atoms with Gasteiger partial charge >= 0.3 is 0 Å². The van der Waals surface area contributed by atoms with Crippen LogP contribution in [0.25, 0.3) is 12.2 Å². The number of benzene rings is 3. The summed E-state index contributed by atoms with van der Waals surface area (Å²) in [6.45, 7) is 21.7. The number of aromatic nitrogens is 1. The van der Waals surface area contributed by atoms with Gasteiger partial charge in [0.05, 0.1) is 21.0 Å². The number of nitrogens with one attached hydrogen (secondary N) is 1. The van der Waals surface area contributed by atoms with Crippen LogP contribution in [0, 0.1) is 24.1 Å². The minimum atomic E-state index is -4.94. The predicted octanol–water partition coefficient (Wildman–Crippen LogP) is 3.28. The van der Waals surface area contributed by atoms with Crippen LogP contribution in [0.4, 0.5) is 11.4 Å². The van der Waals surface area contributed by atoms with Crippen molar-refractivity contribution in [3.8, 4) is 0 Å². The molecule has 0 fully saturated rings. The molecule has 1 N–H and O–H groups in total. The van der Waals surface area contributed by atoms with Gasteiger partial charge in [0.1, 0.15) is 14.1 Å². The number of thioether (sulfide) groups is 1. The summed E-state index contributed by atoms with van der Waals surface area (Å²) >= 11 is 3.67. The molecule has 0 unspecified atom stereocenters. The molecular formula is C61H74Cl2IN6O4S2-. The molecule has 4 aliphatic rings. The van der Waals surface area contributed by atoms with Gasteiger partial charge in [-0.15, -0.1) is 10.2 Å². The van der Waals surface area contributed by atoms with Crippen LogP contribution >= 0.6 is 23.1 Å². The Morgan fingerprint density at radius 3 is 1.87 bits per heavy atom. The molecule has 0 bridgehead atoms. The van der Waals surface area contributed by atoms with Crippen LogP contribution in [0.2, 0.25) is 0 Å². The Balaban J connectivity index is 0.000000286. The summed E-state index contributed by atoms with van der Waals surface area (Å²) in [4.78, 5) is 11.7. The number of allylic oxidation sites excluding steroid dienone is 17. The van der Waals surface area contributed by atoms with Crippen molar-refractivity contribution in [2.24, 2.45) is 12.0 Å². The van der Waals surface area contributed by atoms with E-state index < -0.39 is 10.2 Å². The molecule has 0 atom stereocenters. The fourth-order valence-corrected chi connectivity index (χ4v) is 11.0. The molecule has 406 valence electrons. The number of hydrogen-bond donors (Lipinski definition) is 1. The van der Waals surface area contributed by atoms with Crippen LogP contribution in [0.5, 0.6) is 0 Å². The molecule has 4 heterocycles. The number of fused-ring (bicyclic) bond motifs is 2. The second kappa shape index (κ2) is 29.7. The number of halogens is 3. The van der Waals surface area contributed by atoms with E-state index in [4.69, 9.17) is 18.6 Å². The van der Waals surface area contributed by atoms with E-state index in [1.807, 2.05) is 37.1 Å². The smallest absolute Gasteiger partial charge is 0.261 e. The standard InChI is InChI=1S/C25H29N2.C19H22N2.C17H23N2S2.ClHO4.ClH.HI/c1-24(2)18-12-7-9-14-20(18)26(5)22(24)16-11-17-23-25(3,4)19-13-8-10-15-21(19)27(23)6;1-3-21-19-13-11-17(12-14-19)6-4-5-16-7-9-18(10-8-16)15-20-2;1-12-14(3)20-16(18(12)5)10-8-7-9-11-17-19(6)13(2)15(4)21-17;2-1(3,4)5;;/h7-17H,1-6H3;4-14,20H,3,15H2,1-2H3;7-11H,1-6H3;(H,2,3,4,5);2*1H/q+1;;+1;;;/p-3/b;5-4+,17-6?,21-19?;;;;. The van der Waals surface area contributed by atoms with E-state index in [-0.39, 0.29) is 47.2 Å². The molecule has 0 amide bonds. The minimum Gasteiger partial charge on any atom is -1.00 e. The molecule has 0 saturated heterocycles. The van der Waals surface area contributed by atoms with E-state index in [0.717, 1.165) is 18.8 Å². The first-order valence-corrected chi connectivity index (χ1v) is 27.5. The maximum absolute atomic E-state index is 8.49. The number of hydrogen-bond acceptors (Lipinski definition) is 10. The number of para-hydroxylation sites is 2. The molecule has 4 aromatic rings. The van der Waals surface area contributed by atoms with E-state index in [9.17, 15) is 0 Å². The number of anilines is 1. The molecule has 0 spiro atoms. The molecule has 0 saturated carbocycles. The highest BCUT2D eigenvalue weighted by atomic mass is 127. The van der Waals surface area contributed by atoms with E-state index in [0.29, 0.717) is 0 Å². The zero-order valence-electron chi connectivity index (χ0n) is 46.3. The first-order valence-electron chi connectivity index (χ1n) is 24.7. The van der Waals surface area contributed by atoms with E-state index >= 15 is 0 Å². The molecule has 10 nitrogen and oxygen atoms in total. The van der Waals surface area contributed by atoms with Crippen molar-refractivity contribution in [2.75, 3.05) is 39.6 Å². The quantitative estimate of drug-likeness (QED) is 0.146. The number of likely N-dealkylation sites (N-methyl/N-ethyl adjacent to an activating group) is 1. The van der Waals surface area contributed by atoms with Crippen LogP contribution in [-0.2, 0) is 24.4 Å². The van der Waals surface area contributed by atoms with Crippen LogP contribution < -0.4 is 69.8 Å². The van der Waals surface area contributed by atoms with Crippen molar-refractivity contribution >= 4 is 58.0 Å². The lowest BCUT2D eigenvalue weighted by atomic mass is 9.81. The molecule has 0 radical (unpaired) electrons. The summed E-state index contributed by atoms with van der Waals surface area (Å²) in [6.07, 6.45) is 32.0. The van der Waals surface area contributed by atoms with E-state index in [1.165, 1.54) is 81.8 Å². The molecule has 3 aliphatic heterocycles. The van der Waals surface area contributed by atoms with Crippen LogP contribution in [0.1, 0.15) is 86.3 Å². The predicted molar refractivity (Wildman–Crippen MR) is 303 cm³/mol. The highest BCUT2D eigenvalue weighted by Crippen LogP contribution is 2.47. The average molecular weight is 1220 g/mol. The number of aliphatic imine (C=N–C) groups is 1. The molecule has 1 aliphatic carbocycles. The van der Waals surface area contributed by atoms with Crippen molar-refractivity contribution in [1.82, 2.24) is 10.2 Å². The Bertz CT molecular complexity index is 3000. The van der Waals surface area contributed by atoms with Crippen molar-refractivity contribution in [3.05, 3.63) is 217 Å². The van der Waals surface area contributed by atoms with Gasteiger partial charge in [-0.2, -0.15) is 9.14 Å². The number of rotatable bonds is 10. The second-order valence-corrected chi connectivity index (χ2v) is 22.4. The number of nitrogens with zero attached hydrogens (tertiary/aromatic N) is 5. The van der Waals surface area contributed by atoms with Crippen molar-refractivity contribution < 1.29 is 74.4 Å². The van der Waals surface area contributed by atoms with Crippen molar-refractivity contribution in [1.29, 1.82) is 0 Å². The third-order valence-corrected chi connectivity index (χ3v) is 15.9. The van der Waals surface area contributed by atoms with Gasteiger partial charge in [-0.05, 0) is 101 Å². The number of thiazole rings is 1. The molecule has 76 heavy (non-hydrogen) atoms. The normalized spacial score (nSPS) is 17.2. The van der Waals surface area contributed by atoms with Gasteiger partial charge in [-0.3, -0.25) is 4.99 Å². The van der Waals surface area contributed by atoms with Gasteiger partial charge in [-0.25, -0.2) is 18.6 Å². The van der Waals surface area contributed by atoms with Gasteiger partial charge in [0, 0.05) is 85.3 Å². The Labute approximate surface area is 486 Å². The summed E-state index contributed by atoms with van der Waals surface area (Å²) in [7, 11) is 5.59. The lowest BCUT2D eigenvalue weighted by molar-refractivity contribution is -2.00. The highest BCUT2D eigenvalue weighted by molar-refractivity contribution is 8.06. The van der Waals surface area contributed by atoms with Gasteiger partial charge in [0.25, 0.3) is 5.01 Å². The zero-order valence-corrected chi connectivity index (χ0v) is 51.6. The summed E-state index contributed by atoms with van der Waals surface area (Å²) in [6, 6.07) is 26.0. The zero-order chi connectivity index (χ0) is 54.4. The first kappa shape index (κ1) is 65.4.